The molecule has 108 valence electrons. The maximum Gasteiger partial charge on any atom is 0.196 e. The Morgan fingerprint density at radius 1 is 1.47 bits per heavy atom. The predicted octanol–water partition coefficient (Wildman–Crippen LogP) is -1.26. The molecular weight excluding hydrogens is 250 g/mol. The third kappa shape index (κ3) is 3.63. The molecule has 2 heterocycles. The average Bonchev–Trinajstić information content (AvgIpc) is 2.61. The summed E-state index contributed by atoms with van der Waals surface area (Å²) in [4.78, 5) is 1.86. The van der Waals surface area contributed by atoms with Gasteiger partial charge >= 0.3 is 0 Å². The molecule has 0 aromatic heterocycles. The molecule has 0 aliphatic carbocycles. The van der Waals surface area contributed by atoms with Gasteiger partial charge in [0.05, 0.1) is 39.0 Å². The Bertz CT molecular complexity index is 329. The molecule has 2 N–H and O–H groups in total. The first-order valence-corrected chi connectivity index (χ1v) is 6.52. The largest absolute Gasteiger partial charge is 0.377 e. The third-order valence-corrected chi connectivity index (χ3v) is 3.44. The van der Waals surface area contributed by atoms with Crippen molar-refractivity contribution in [1.29, 1.82) is 5.26 Å². The van der Waals surface area contributed by atoms with Crippen molar-refractivity contribution in [2.45, 2.75) is 12.0 Å². The van der Waals surface area contributed by atoms with Crippen molar-refractivity contribution in [3.05, 3.63) is 0 Å². The van der Waals surface area contributed by atoms with Crippen LogP contribution in [0.25, 0.3) is 0 Å². The van der Waals surface area contributed by atoms with Crippen LogP contribution in [0.3, 0.4) is 0 Å². The van der Waals surface area contributed by atoms with Crippen LogP contribution >= 0.6 is 0 Å². The molecule has 19 heavy (non-hydrogen) atoms. The lowest BCUT2D eigenvalue weighted by atomic mass is 10.0. The van der Waals surface area contributed by atoms with Gasteiger partial charge in [0.2, 0.25) is 0 Å². The Balaban J connectivity index is 1.99. The number of aliphatic hydroxyl groups is 1. The van der Waals surface area contributed by atoms with Crippen molar-refractivity contribution in [3.63, 3.8) is 0 Å². The van der Waals surface area contributed by atoms with E-state index in [1.807, 2.05) is 11.9 Å². The van der Waals surface area contributed by atoms with Crippen LogP contribution in [-0.4, -0.2) is 75.1 Å². The van der Waals surface area contributed by atoms with Crippen LogP contribution in [0.4, 0.5) is 0 Å². The maximum atomic E-state index is 10.6. The number of nitriles is 1. The van der Waals surface area contributed by atoms with E-state index in [0.29, 0.717) is 19.8 Å². The summed E-state index contributed by atoms with van der Waals surface area (Å²) in [6.07, 6.45) is -0.120. The van der Waals surface area contributed by atoms with Gasteiger partial charge < -0.3 is 24.6 Å². The van der Waals surface area contributed by atoms with Crippen LogP contribution in [0.15, 0.2) is 0 Å². The van der Waals surface area contributed by atoms with Crippen LogP contribution in [0.1, 0.15) is 0 Å². The SMILES string of the molecule is CN(CC1(O)OCCOCC1C#N)C1CNCCO1. The van der Waals surface area contributed by atoms with E-state index in [2.05, 4.69) is 11.4 Å². The minimum absolute atomic E-state index is 0.120. The zero-order valence-corrected chi connectivity index (χ0v) is 11.2. The number of likely N-dealkylation sites (N-methyl/N-ethyl adjacent to an activating group) is 1. The summed E-state index contributed by atoms with van der Waals surface area (Å²) in [7, 11) is 1.85. The topological polar surface area (TPSA) is 87.0 Å². The van der Waals surface area contributed by atoms with Crippen molar-refractivity contribution in [2.24, 2.45) is 5.92 Å². The van der Waals surface area contributed by atoms with E-state index in [9.17, 15) is 5.11 Å². The van der Waals surface area contributed by atoms with Crippen LogP contribution in [-0.2, 0) is 14.2 Å². The number of hydrogen-bond donors (Lipinski definition) is 2. The van der Waals surface area contributed by atoms with Crippen molar-refractivity contribution in [2.75, 3.05) is 53.1 Å². The molecule has 0 spiro atoms. The Morgan fingerprint density at radius 2 is 2.32 bits per heavy atom. The summed E-state index contributed by atoms with van der Waals surface area (Å²) in [5.74, 6) is -2.21. The van der Waals surface area contributed by atoms with Gasteiger partial charge in [-0.2, -0.15) is 5.26 Å². The van der Waals surface area contributed by atoms with Gasteiger partial charge in [0.25, 0.3) is 0 Å². The van der Waals surface area contributed by atoms with Gasteiger partial charge in [-0.25, -0.2) is 0 Å². The lowest BCUT2D eigenvalue weighted by Crippen LogP contribution is -2.56. The Hall–Kier alpha value is -0.750. The standard InChI is InChI=1S/C12H21N3O4/c1-15(11-7-14-2-3-18-11)9-12(16)10(6-13)8-17-4-5-19-12/h10-11,14,16H,2-5,7-9H2,1H3. The van der Waals surface area contributed by atoms with E-state index < -0.39 is 11.7 Å². The molecule has 0 aromatic carbocycles. The van der Waals surface area contributed by atoms with Crippen LogP contribution < -0.4 is 5.32 Å². The molecule has 0 saturated carbocycles. The smallest absolute Gasteiger partial charge is 0.196 e. The summed E-state index contributed by atoms with van der Waals surface area (Å²) in [5.41, 5.74) is 0. The van der Waals surface area contributed by atoms with E-state index in [-0.39, 0.29) is 26.0 Å². The molecule has 7 heteroatoms. The first kappa shape index (κ1) is 14.7. The first-order chi connectivity index (χ1) is 9.15. The molecule has 2 aliphatic rings. The van der Waals surface area contributed by atoms with Crippen LogP contribution in [0, 0.1) is 17.2 Å². The number of hydrogen-bond acceptors (Lipinski definition) is 7. The zero-order valence-electron chi connectivity index (χ0n) is 11.2. The van der Waals surface area contributed by atoms with Gasteiger partial charge in [-0.05, 0) is 7.05 Å². The Morgan fingerprint density at radius 3 is 3.00 bits per heavy atom. The van der Waals surface area contributed by atoms with E-state index in [1.54, 1.807) is 0 Å². The molecule has 2 saturated heterocycles. The van der Waals surface area contributed by atoms with Gasteiger partial charge in [0, 0.05) is 13.1 Å². The Labute approximate surface area is 113 Å². The maximum absolute atomic E-state index is 10.6. The fraction of sp³-hybridized carbons (Fsp3) is 0.917. The second-order valence-electron chi connectivity index (χ2n) is 4.89. The quantitative estimate of drug-likeness (QED) is 0.662. The Kier molecular flexibility index (Phi) is 5.10. The van der Waals surface area contributed by atoms with Crippen molar-refractivity contribution in [1.82, 2.24) is 10.2 Å². The van der Waals surface area contributed by atoms with Gasteiger partial charge in [-0.15, -0.1) is 0 Å². The van der Waals surface area contributed by atoms with Gasteiger partial charge in [-0.3, -0.25) is 4.90 Å². The third-order valence-electron chi connectivity index (χ3n) is 3.44. The lowest BCUT2D eigenvalue weighted by Gasteiger charge is -2.38. The normalized spacial score (nSPS) is 36.7. The van der Waals surface area contributed by atoms with Crippen molar-refractivity contribution in [3.8, 4) is 6.07 Å². The summed E-state index contributed by atoms with van der Waals surface area (Å²) < 4.78 is 16.3. The van der Waals surface area contributed by atoms with E-state index in [0.717, 1.165) is 6.54 Å². The monoisotopic (exact) mass is 271 g/mol. The van der Waals surface area contributed by atoms with E-state index in [1.165, 1.54) is 0 Å². The molecule has 2 fully saturated rings. The number of morpholine rings is 1. The zero-order chi connectivity index (χ0) is 13.7. The molecule has 3 unspecified atom stereocenters. The van der Waals surface area contributed by atoms with Crippen molar-refractivity contribution >= 4 is 0 Å². The minimum atomic E-state index is -1.51. The highest BCUT2D eigenvalue weighted by Crippen LogP contribution is 2.24. The molecule has 0 aromatic rings. The predicted molar refractivity (Wildman–Crippen MR) is 66.1 cm³/mol. The molecule has 7 nitrogen and oxygen atoms in total. The van der Waals surface area contributed by atoms with Crippen molar-refractivity contribution < 1.29 is 19.3 Å². The molecule has 3 atom stereocenters. The summed E-state index contributed by atoms with van der Waals surface area (Å²) in [6.45, 7) is 3.24. The first-order valence-electron chi connectivity index (χ1n) is 6.52. The van der Waals surface area contributed by atoms with Crippen LogP contribution in [0.2, 0.25) is 0 Å². The second kappa shape index (κ2) is 6.61. The number of nitrogens with zero attached hydrogens (tertiary/aromatic N) is 2. The summed E-state index contributed by atoms with van der Waals surface area (Å²) in [5, 5.41) is 22.9. The van der Waals surface area contributed by atoms with Crippen LogP contribution in [0.5, 0.6) is 0 Å². The number of rotatable bonds is 3. The minimum Gasteiger partial charge on any atom is -0.377 e. The van der Waals surface area contributed by atoms with E-state index >= 15 is 0 Å². The number of ether oxygens (including phenoxy) is 3. The van der Waals surface area contributed by atoms with Gasteiger partial charge in [-0.1, -0.05) is 0 Å². The number of nitrogens with one attached hydrogen (secondary N) is 1. The van der Waals surface area contributed by atoms with Gasteiger partial charge in [0.15, 0.2) is 5.79 Å². The lowest BCUT2D eigenvalue weighted by molar-refractivity contribution is -0.237. The fourth-order valence-corrected chi connectivity index (χ4v) is 2.30. The highest BCUT2D eigenvalue weighted by atomic mass is 16.6. The molecule has 0 radical (unpaired) electrons. The summed E-state index contributed by atoms with van der Waals surface area (Å²) >= 11 is 0. The molecule has 0 bridgehead atoms. The van der Waals surface area contributed by atoms with Gasteiger partial charge in [0.1, 0.15) is 12.1 Å². The summed E-state index contributed by atoms with van der Waals surface area (Å²) in [6, 6.07) is 2.06. The molecule has 2 rings (SSSR count). The average molecular weight is 271 g/mol. The fourth-order valence-electron chi connectivity index (χ4n) is 2.30. The molecule has 2 aliphatic heterocycles. The highest BCUT2D eigenvalue weighted by molar-refractivity contribution is 4.96. The van der Waals surface area contributed by atoms with E-state index in [4.69, 9.17) is 19.5 Å². The molecular formula is C12H21N3O4. The molecule has 0 amide bonds. The second-order valence-corrected chi connectivity index (χ2v) is 4.89. The highest BCUT2D eigenvalue weighted by Gasteiger charge is 2.42.